The highest BCUT2D eigenvalue weighted by Crippen LogP contribution is 2.14. The first-order valence-corrected chi connectivity index (χ1v) is 8.13. The largest absolute Gasteiger partial charge is 0.449 e. The highest BCUT2D eigenvalue weighted by Gasteiger charge is 2.13. The summed E-state index contributed by atoms with van der Waals surface area (Å²) in [6, 6.07) is 5.95. The van der Waals surface area contributed by atoms with Gasteiger partial charge in [0.2, 0.25) is 15.9 Å². The van der Waals surface area contributed by atoms with Crippen molar-refractivity contribution >= 4 is 21.6 Å². The lowest BCUT2D eigenvalue weighted by Crippen LogP contribution is -2.26. The van der Waals surface area contributed by atoms with Gasteiger partial charge in [0, 0.05) is 32.5 Å². The minimum Gasteiger partial charge on any atom is -0.449 e. The number of sulfonamides is 1. The molecule has 2 rings (SSSR count). The number of amides is 1. The number of carbonyl (C=O) groups excluding carboxylic acids is 1. The molecule has 22 heavy (non-hydrogen) atoms. The van der Waals surface area contributed by atoms with E-state index in [2.05, 4.69) is 15.0 Å². The van der Waals surface area contributed by atoms with Gasteiger partial charge in [-0.15, -0.1) is 0 Å². The van der Waals surface area contributed by atoms with Crippen molar-refractivity contribution in [1.29, 1.82) is 0 Å². The summed E-state index contributed by atoms with van der Waals surface area (Å²) in [5.74, 6) is 0.336. The number of aryl methyl sites for hydroxylation is 1. The summed E-state index contributed by atoms with van der Waals surface area (Å²) < 4.78 is 31.8. The lowest BCUT2D eigenvalue weighted by Gasteiger charge is -2.07. The number of carbonyl (C=O) groups is 1. The van der Waals surface area contributed by atoms with Crippen LogP contribution in [0.3, 0.4) is 0 Å². The van der Waals surface area contributed by atoms with Crippen LogP contribution in [0.2, 0.25) is 0 Å². The monoisotopic (exact) mass is 323 g/mol. The van der Waals surface area contributed by atoms with Crippen molar-refractivity contribution in [3.05, 3.63) is 42.1 Å². The van der Waals surface area contributed by atoms with Crippen LogP contribution in [0.1, 0.15) is 18.5 Å². The number of nitrogens with zero attached hydrogens (tertiary/aromatic N) is 1. The number of hydrogen-bond acceptors (Lipinski definition) is 5. The Bertz CT molecular complexity index is 751. The van der Waals surface area contributed by atoms with Crippen molar-refractivity contribution in [2.45, 2.75) is 25.2 Å². The van der Waals surface area contributed by atoms with E-state index in [0.717, 1.165) is 0 Å². The van der Waals surface area contributed by atoms with Gasteiger partial charge in [0.1, 0.15) is 6.26 Å². The Balaban J connectivity index is 1.96. The van der Waals surface area contributed by atoms with Crippen LogP contribution in [0.15, 0.2) is 39.8 Å². The van der Waals surface area contributed by atoms with Gasteiger partial charge in [-0.05, 0) is 24.3 Å². The Hall–Kier alpha value is -2.19. The fourth-order valence-electron chi connectivity index (χ4n) is 1.84. The molecule has 8 heteroatoms. The smallest absolute Gasteiger partial charge is 0.240 e. The minimum atomic E-state index is -3.59. The lowest BCUT2D eigenvalue weighted by atomic mass is 10.3. The molecule has 1 heterocycles. The van der Waals surface area contributed by atoms with Crippen molar-refractivity contribution < 1.29 is 17.6 Å². The molecule has 0 saturated heterocycles. The first kappa shape index (κ1) is 16.2. The molecule has 2 aromatic rings. The molecule has 0 radical (unpaired) electrons. The second-order valence-corrected chi connectivity index (χ2v) is 6.48. The molecule has 1 aromatic heterocycles. The fraction of sp³-hybridized carbons (Fsp3) is 0.286. The second-order valence-electron chi connectivity index (χ2n) is 4.71. The summed E-state index contributed by atoms with van der Waals surface area (Å²) in [6.45, 7) is 3.34. The summed E-state index contributed by atoms with van der Waals surface area (Å²) >= 11 is 0. The number of anilines is 1. The Kier molecular flexibility index (Phi) is 4.94. The van der Waals surface area contributed by atoms with E-state index in [0.29, 0.717) is 23.7 Å². The van der Waals surface area contributed by atoms with Gasteiger partial charge in [0.15, 0.2) is 5.89 Å². The molecule has 7 nitrogen and oxygen atoms in total. The zero-order valence-corrected chi connectivity index (χ0v) is 13.1. The van der Waals surface area contributed by atoms with Gasteiger partial charge in [-0.1, -0.05) is 0 Å². The molecule has 1 aromatic carbocycles. The number of hydrogen-bond donors (Lipinski definition) is 2. The predicted molar refractivity (Wildman–Crippen MR) is 80.9 cm³/mol. The number of aromatic nitrogens is 1. The summed E-state index contributed by atoms with van der Waals surface area (Å²) in [6.07, 6.45) is 1.95. The van der Waals surface area contributed by atoms with Crippen molar-refractivity contribution in [1.82, 2.24) is 9.71 Å². The van der Waals surface area contributed by atoms with Crippen LogP contribution in [-0.4, -0.2) is 25.9 Å². The highest BCUT2D eigenvalue weighted by molar-refractivity contribution is 7.89. The van der Waals surface area contributed by atoms with Crippen LogP contribution < -0.4 is 10.0 Å². The maximum absolute atomic E-state index is 12.1. The average molecular weight is 323 g/mol. The minimum absolute atomic E-state index is 0.137. The van der Waals surface area contributed by atoms with Gasteiger partial charge < -0.3 is 9.73 Å². The normalized spacial score (nSPS) is 11.4. The van der Waals surface area contributed by atoms with Gasteiger partial charge in [0.05, 0.1) is 10.6 Å². The molecule has 0 aliphatic rings. The summed E-state index contributed by atoms with van der Waals surface area (Å²) in [4.78, 5) is 15.2. The molecule has 0 fully saturated rings. The molecule has 1 amide bonds. The first-order valence-electron chi connectivity index (χ1n) is 6.65. The van der Waals surface area contributed by atoms with E-state index < -0.39 is 10.0 Å². The van der Waals surface area contributed by atoms with Crippen molar-refractivity contribution in [2.75, 3.05) is 11.9 Å². The third-order valence-electron chi connectivity index (χ3n) is 2.82. The first-order chi connectivity index (χ1) is 10.4. The summed E-state index contributed by atoms with van der Waals surface area (Å²) in [7, 11) is -3.59. The van der Waals surface area contributed by atoms with E-state index in [1.807, 2.05) is 0 Å². The highest BCUT2D eigenvalue weighted by atomic mass is 32.2. The molecule has 0 saturated carbocycles. The van der Waals surface area contributed by atoms with Crippen LogP contribution >= 0.6 is 0 Å². The Morgan fingerprint density at radius 2 is 1.95 bits per heavy atom. The number of oxazole rings is 1. The Labute approximate surface area is 128 Å². The zero-order valence-electron chi connectivity index (χ0n) is 12.3. The average Bonchev–Trinajstić information content (AvgIpc) is 2.84. The van der Waals surface area contributed by atoms with Crippen LogP contribution in [0, 0.1) is 6.92 Å². The van der Waals surface area contributed by atoms with E-state index in [1.54, 1.807) is 6.92 Å². The molecular weight excluding hydrogens is 306 g/mol. The number of rotatable bonds is 6. The second kappa shape index (κ2) is 6.71. The van der Waals surface area contributed by atoms with Gasteiger partial charge in [-0.2, -0.15) is 0 Å². The Morgan fingerprint density at radius 1 is 1.27 bits per heavy atom. The van der Waals surface area contributed by atoms with Crippen molar-refractivity contribution in [3.8, 4) is 0 Å². The number of benzene rings is 1. The van der Waals surface area contributed by atoms with Gasteiger partial charge >= 0.3 is 0 Å². The lowest BCUT2D eigenvalue weighted by molar-refractivity contribution is -0.114. The molecule has 0 aliphatic heterocycles. The van der Waals surface area contributed by atoms with E-state index >= 15 is 0 Å². The molecule has 0 bridgehead atoms. The third kappa shape index (κ3) is 4.40. The molecular formula is C14H17N3O4S. The molecule has 118 valence electrons. The van der Waals surface area contributed by atoms with Crippen LogP contribution in [0.25, 0.3) is 0 Å². The van der Waals surface area contributed by atoms with Crippen molar-refractivity contribution in [2.24, 2.45) is 0 Å². The summed E-state index contributed by atoms with van der Waals surface area (Å²) in [5, 5.41) is 2.58. The van der Waals surface area contributed by atoms with E-state index in [4.69, 9.17) is 4.42 Å². The SMILES string of the molecule is CC(=O)Nc1ccc(S(=O)(=O)NCCc2coc(C)n2)cc1. The molecule has 0 aliphatic carbocycles. The topological polar surface area (TPSA) is 101 Å². The van der Waals surface area contributed by atoms with Gasteiger partial charge in [0.25, 0.3) is 0 Å². The van der Waals surface area contributed by atoms with Crippen LogP contribution in [-0.2, 0) is 21.2 Å². The van der Waals surface area contributed by atoms with Crippen LogP contribution in [0.5, 0.6) is 0 Å². The van der Waals surface area contributed by atoms with Crippen molar-refractivity contribution in [3.63, 3.8) is 0 Å². The predicted octanol–water partition coefficient (Wildman–Crippen LogP) is 1.46. The van der Waals surface area contributed by atoms with E-state index in [1.165, 1.54) is 37.5 Å². The molecule has 0 spiro atoms. The maximum Gasteiger partial charge on any atom is 0.240 e. The third-order valence-corrected chi connectivity index (χ3v) is 4.30. The van der Waals surface area contributed by atoms with Gasteiger partial charge in [-0.3, -0.25) is 4.79 Å². The number of nitrogens with one attached hydrogen (secondary N) is 2. The summed E-state index contributed by atoms with van der Waals surface area (Å²) in [5.41, 5.74) is 1.24. The fourth-order valence-corrected chi connectivity index (χ4v) is 2.87. The maximum atomic E-state index is 12.1. The quantitative estimate of drug-likeness (QED) is 0.838. The zero-order chi connectivity index (χ0) is 16.2. The Morgan fingerprint density at radius 3 is 2.50 bits per heavy atom. The van der Waals surface area contributed by atoms with Gasteiger partial charge in [-0.25, -0.2) is 18.1 Å². The van der Waals surface area contributed by atoms with E-state index in [-0.39, 0.29) is 17.3 Å². The molecule has 2 N–H and O–H groups in total. The molecule has 0 unspecified atom stereocenters. The molecule has 0 atom stereocenters. The standard InChI is InChI=1S/C14H17N3O4S/c1-10(18)16-12-3-5-14(6-4-12)22(19,20)15-8-7-13-9-21-11(2)17-13/h3-6,9,15H,7-8H2,1-2H3,(H,16,18). The van der Waals surface area contributed by atoms with E-state index in [9.17, 15) is 13.2 Å². The van der Waals surface area contributed by atoms with Crippen LogP contribution in [0.4, 0.5) is 5.69 Å².